The highest BCUT2D eigenvalue weighted by Crippen LogP contribution is 2.13. The molecule has 0 bridgehead atoms. The number of rotatable bonds is 5. The Bertz CT molecular complexity index is 730. The number of hydrogen-bond acceptors (Lipinski definition) is 4. The molecule has 1 N–H and O–H groups in total. The second kappa shape index (κ2) is 5.90. The minimum absolute atomic E-state index is 0.0190. The Balaban J connectivity index is 2.38. The lowest BCUT2D eigenvalue weighted by atomic mass is 10.1. The molecule has 2 aromatic heterocycles. The molecule has 0 radical (unpaired) electrons. The topological polar surface area (TPSA) is 90.0 Å². The van der Waals surface area contributed by atoms with Crippen LogP contribution in [0, 0.1) is 13.8 Å². The molecule has 0 fully saturated rings. The van der Waals surface area contributed by atoms with E-state index in [2.05, 4.69) is 10.1 Å². The van der Waals surface area contributed by atoms with Gasteiger partial charge in [0.1, 0.15) is 0 Å². The van der Waals surface area contributed by atoms with Crippen LogP contribution in [-0.2, 0) is 24.8 Å². The van der Waals surface area contributed by atoms with Gasteiger partial charge in [0.2, 0.25) is 0 Å². The standard InChI is InChI=1S/C14H18N4O3/c1-9-12(4-5-13(19)20)10(2)18(14(21)15-9)8-11-6-7-17(3)16-11/h6-7H,4-5,8H2,1-3H3,(H,19,20). The summed E-state index contributed by atoms with van der Waals surface area (Å²) in [5.41, 5.74) is 2.58. The maximum Gasteiger partial charge on any atom is 0.348 e. The Hall–Kier alpha value is -2.44. The average molecular weight is 290 g/mol. The van der Waals surface area contributed by atoms with Gasteiger partial charge in [0, 0.05) is 31.1 Å². The van der Waals surface area contributed by atoms with Crippen LogP contribution >= 0.6 is 0 Å². The second-order valence-corrected chi connectivity index (χ2v) is 5.00. The zero-order valence-corrected chi connectivity index (χ0v) is 12.3. The number of aryl methyl sites for hydroxylation is 2. The van der Waals surface area contributed by atoms with Gasteiger partial charge >= 0.3 is 11.7 Å². The fraction of sp³-hybridized carbons (Fsp3) is 0.429. The molecule has 0 aromatic carbocycles. The molecule has 7 nitrogen and oxygen atoms in total. The highest BCUT2D eigenvalue weighted by atomic mass is 16.4. The van der Waals surface area contributed by atoms with Crippen molar-refractivity contribution in [1.82, 2.24) is 19.3 Å². The third-order valence-electron chi connectivity index (χ3n) is 3.45. The molecule has 0 amide bonds. The quantitative estimate of drug-likeness (QED) is 0.873. The van der Waals surface area contributed by atoms with Crippen molar-refractivity contribution in [3.8, 4) is 0 Å². The van der Waals surface area contributed by atoms with Crippen molar-refractivity contribution >= 4 is 5.97 Å². The summed E-state index contributed by atoms with van der Waals surface area (Å²) in [4.78, 5) is 26.8. The third-order valence-corrected chi connectivity index (χ3v) is 3.45. The van der Waals surface area contributed by atoms with E-state index in [-0.39, 0.29) is 12.1 Å². The minimum Gasteiger partial charge on any atom is -0.481 e. The SMILES string of the molecule is Cc1nc(=O)n(Cc2ccn(C)n2)c(C)c1CCC(=O)O. The maximum absolute atomic E-state index is 12.1. The Kier molecular flexibility index (Phi) is 4.21. The molecule has 0 spiro atoms. The van der Waals surface area contributed by atoms with Crippen molar-refractivity contribution in [2.45, 2.75) is 33.2 Å². The van der Waals surface area contributed by atoms with E-state index < -0.39 is 5.97 Å². The number of carboxylic acid groups (broad SMARTS) is 1. The lowest BCUT2D eigenvalue weighted by Gasteiger charge is -2.14. The summed E-state index contributed by atoms with van der Waals surface area (Å²) in [5.74, 6) is -0.865. The Labute approximate surface area is 121 Å². The first-order chi connectivity index (χ1) is 9.88. The predicted octanol–water partition coefficient (Wildman–Crippen LogP) is 0.659. The minimum atomic E-state index is -0.865. The number of carboxylic acids is 1. The van der Waals surface area contributed by atoms with Gasteiger partial charge in [-0.05, 0) is 31.9 Å². The Morgan fingerprint density at radius 3 is 2.67 bits per heavy atom. The van der Waals surface area contributed by atoms with Crippen molar-refractivity contribution in [3.63, 3.8) is 0 Å². The monoisotopic (exact) mass is 290 g/mol. The van der Waals surface area contributed by atoms with E-state index in [1.54, 1.807) is 11.6 Å². The molecular formula is C14H18N4O3. The van der Waals surface area contributed by atoms with Crippen LogP contribution in [0.1, 0.15) is 29.1 Å². The molecule has 2 rings (SSSR count). The van der Waals surface area contributed by atoms with E-state index in [4.69, 9.17) is 5.11 Å². The third kappa shape index (κ3) is 3.36. The largest absolute Gasteiger partial charge is 0.481 e. The molecular weight excluding hydrogens is 272 g/mol. The molecule has 2 heterocycles. The molecule has 0 unspecified atom stereocenters. The van der Waals surface area contributed by atoms with Gasteiger partial charge in [-0.15, -0.1) is 0 Å². The summed E-state index contributed by atoms with van der Waals surface area (Å²) in [6, 6.07) is 1.84. The summed E-state index contributed by atoms with van der Waals surface area (Å²) in [6.07, 6.45) is 2.19. The van der Waals surface area contributed by atoms with E-state index in [1.807, 2.05) is 26.2 Å². The number of carbonyl (C=O) groups is 1. The molecule has 112 valence electrons. The van der Waals surface area contributed by atoms with Gasteiger partial charge in [-0.3, -0.25) is 14.0 Å². The van der Waals surface area contributed by atoms with Gasteiger partial charge in [0.05, 0.1) is 12.2 Å². The maximum atomic E-state index is 12.1. The molecule has 0 saturated heterocycles. The Morgan fingerprint density at radius 2 is 2.10 bits per heavy atom. The first-order valence-corrected chi connectivity index (χ1v) is 6.65. The van der Waals surface area contributed by atoms with E-state index in [9.17, 15) is 9.59 Å². The van der Waals surface area contributed by atoms with Crippen molar-refractivity contribution in [3.05, 3.63) is 45.4 Å². The van der Waals surface area contributed by atoms with E-state index in [0.29, 0.717) is 18.7 Å². The summed E-state index contributed by atoms with van der Waals surface area (Å²) in [5, 5.41) is 13.1. The van der Waals surface area contributed by atoms with E-state index >= 15 is 0 Å². The second-order valence-electron chi connectivity index (χ2n) is 5.00. The van der Waals surface area contributed by atoms with E-state index in [0.717, 1.165) is 17.0 Å². The summed E-state index contributed by atoms with van der Waals surface area (Å²) in [6.45, 7) is 3.88. The van der Waals surface area contributed by atoms with Crippen LogP contribution in [-0.4, -0.2) is 30.4 Å². The molecule has 2 aromatic rings. The lowest BCUT2D eigenvalue weighted by molar-refractivity contribution is -0.136. The average Bonchev–Trinajstić information content (AvgIpc) is 2.79. The van der Waals surface area contributed by atoms with Gasteiger partial charge in [-0.1, -0.05) is 0 Å². The highest BCUT2D eigenvalue weighted by Gasteiger charge is 2.13. The van der Waals surface area contributed by atoms with Gasteiger partial charge < -0.3 is 5.11 Å². The van der Waals surface area contributed by atoms with Gasteiger partial charge in [-0.25, -0.2) is 4.79 Å². The number of aliphatic carboxylic acids is 1. The number of aromatic nitrogens is 4. The van der Waals surface area contributed by atoms with Crippen molar-refractivity contribution < 1.29 is 9.90 Å². The van der Waals surface area contributed by atoms with Crippen molar-refractivity contribution in [2.75, 3.05) is 0 Å². The lowest BCUT2D eigenvalue weighted by Crippen LogP contribution is -2.28. The van der Waals surface area contributed by atoms with Crippen LogP contribution in [0.5, 0.6) is 0 Å². The Morgan fingerprint density at radius 1 is 1.38 bits per heavy atom. The number of nitrogens with zero attached hydrogens (tertiary/aromatic N) is 4. The molecule has 0 saturated carbocycles. The van der Waals surface area contributed by atoms with Crippen LogP contribution in [0.2, 0.25) is 0 Å². The smallest absolute Gasteiger partial charge is 0.348 e. The van der Waals surface area contributed by atoms with Crippen molar-refractivity contribution in [2.24, 2.45) is 7.05 Å². The zero-order chi connectivity index (χ0) is 15.6. The van der Waals surface area contributed by atoms with Crippen LogP contribution < -0.4 is 5.69 Å². The summed E-state index contributed by atoms with van der Waals surface area (Å²) in [7, 11) is 1.81. The van der Waals surface area contributed by atoms with Crippen LogP contribution in [0.3, 0.4) is 0 Å². The highest BCUT2D eigenvalue weighted by molar-refractivity contribution is 5.67. The zero-order valence-electron chi connectivity index (χ0n) is 12.3. The predicted molar refractivity (Wildman–Crippen MR) is 76.2 cm³/mol. The molecule has 0 aliphatic rings. The molecule has 0 aliphatic heterocycles. The number of hydrogen-bond donors (Lipinski definition) is 1. The first kappa shape index (κ1) is 15.0. The fourth-order valence-electron chi connectivity index (χ4n) is 2.33. The molecule has 7 heteroatoms. The first-order valence-electron chi connectivity index (χ1n) is 6.65. The van der Waals surface area contributed by atoms with Gasteiger partial charge in [0.25, 0.3) is 0 Å². The summed E-state index contributed by atoms with van der Waals surface area (Å²) < 4.78 is 3.20. The van der Waals surface area contributed by atoms with Gasteiger partial charge in [-0.2, -0.15) is 10.1 Å². The van der Waals surface area contributed by atoms with Crippen LogP contribution in [0.25, 0.3) is 0 Å². The van der Waals surface area contributed by atoms with Crippen LogP contribution in [0.15, 0.2) is 17.1 Å². The molecule has 21 heavy (non-hydrogen) atoms. The van der Waals surface area contributed by atoms with E-state index in [1.165, 1.54) is 4.57 Å². The van der Waals surface area contributed by atoms with Crippen molar-refractivity contribution in [1.29, 1.82) is 0 Å². The molecule has 0 atom stereocenters. The molecule has 0 aliphatic carbocycles. The summed E-state index contributed by atoms with van der Waals surface area (Å²) >= 11 is 0. The fourth-order valence-corrected chi connectivity index (χ4v) is 2.33. The van der Waals surface area contributed by atoms with Gasteiger partial charge in [0.15, 0.2) is 0 Å². The normalized spacial score (nSPS) is 10.8. The van der Waals surface area contributed by atoms with Crippen LogP contribution in [0.4, 0.5) is 0 Å².